The molecule has 0 fully saturated rings. The minimum Gasteiger partial charge on any atom is -0.348 e. The van der Waals surface area contributed by atoms with Crippen molar-refractivity contribution in [3.05, 3.63) is 48.4 Å². The van der Waals surface area contributed by atoms with Gasteiger partial charge in [0.25, 0.3) is 5.91 Å². The maximum Gasteiger partial charge on any atom is 0.256 e. The van der Waals surface area contributed by atoms with Crippen molar-refractivity contribution in [3.63, 3.8) is 0 Å². The second kappa shape index (κ2) is 4.91. The predicted octanol–water partition coefficient (Wildman–Crippen LogP) is 1.52. The molecule has 0 saturated heterocycles. The van der Waals surface area contributed by atoms with Crippen LogP contribution in [-0.2, 0) is 7.05 Å². The van der Waals surface area contributed by atoms with E-state index in [1.165, 1.54) is 0 Å². The largest absolute Gasteiger partial charge is 0.348 e. The summed E-state index contributed by atoms with van der Waals surface area (Å²) in [5, 5.41) is 6.94. The number of aromatic nitrogens is 3. The van der Waals surface area contributed by atoms with E-state index < -0.39 is 0 Å². The molecule has 0 atom stereocenters. The number of hydrogen-bond acceptors (Lipinski definition) is 2. The van der Waals surface area contributed by atoms with Gasteiger partial charge in [-0.05, 0) is 19.1 Å². The highest BCUT2D eigenvalue weighted by atomic mass is 16.1. The van der Waals surface area contributed by atoms with Gasteiger partial charge in [-0.1, -0.05) is 12.2 Å². The molecule has 2 heterocycles. The Morgan fingerprint density at radius 1 is 1.44 bits per heavy atom. The second-order valence-corrected chi connectivity index (χ2v) is 4.24. The van der Waals surface area contributed by atoms with E-state index in [2.05, 4.69) is 17.0 Å². The van der Waals surface area contributed by atoms with Crippen LogP contribution in [0.2, 0.25) is 0 Å². The zero-order valence-corrected chi connectivity index (χ0v) is 10.6. The molecule has 0 aliphatic rings. The van der Waals surface area contributed by atoms with Gasteiger partial charge in [-0.15, -0.1) is 0 Å². The van der Waals surface area contributed by atoms with E-state index in [-0.39, 0.29) is 5.91 Å². The summed E-state index contributed by atoms with van der Waals surface area (Å²) in [5.74, 6) is 0.606. The summed E-state index contributed by atoms with van der Waals surface area (Å²) in [6.07, 6.45) is 5.34. The maximum atomic E-state index is 12.1. The van der Waals surface area contributed by atoms with Crippen LogP contribution in [0.1, 0.15) is 17.3 Å². The highest BCUT2D eigenvalue weighted by molar-refractivity contribution is 5.97. The molecule has 94 valence electrons. The summed E-state index contributed by atoms with van der Waals surface area (Å²) in [4.78, 5) is 12.1. The maximum absolute atomic E-state index is 12.1. The van der Waals surface area contributed by atoms with Crippen molar-refractivity contribution in [3.8, 4) is 5.82 Å². The Morgan fingerprint density at radius 2 is 2.11 bits per heavy atom. The molecular formula is C13H16N4O. The number of nitrogens with one attached hydrogen (secondary N) is 1. The first-order valence-corrected chi connectivity index (χ1v) is 5.67. The average molecular weight is 244 g/mol. The highest BCUT2D eigenvalue weighted by Crippen LogP contribution is 2.13. The van der Waals surface area contributed by atoms with E-state index in [1.54, 1.807) is 10.9 Å². The molecule has 0 bridgehead atoms. The van der Waals surface area contributed by atoms with E-state index in [9.17, 15) is 4.79 Å². The van der Waals surface area contributed by atoms with Crippen LogP contribution in [0.15, 0.2) is 42.9 Å². The zero-order chi connectivity index (χ0) is 13.1. The van der Waals surface area contributed by atoms with Crippen LogP contribution in [0.3, 0.4) is 0 Å². The van der Waals surface area contributed by atoms with Gasteiger partial charge in [0.15, 0.2) is 0 Å². The molecule has 0 saturated carbocycles. The number of carbonyl (C=O) groups is 1. The summed E-state index contributed by atoms with van der Waals surface area (Å²) in [6.45, 7) is 6.10. The Hall–Kier alpha value is -2.30. The highest BCUT2D eigenvalue weighted by Gasteiger charge is 2.16. The van der Waals surface area contributed by atoms with Crippen molar-refractivity contribution in [2.75, 3.05) is 6.54 Å². The van der Waals surface area contributed by atoms with Crippen LogP contribution in [0.5, 0.6) is 0 Å². The molecule has 2 aromatic rings. The Kier molecular flexibility index (Phi) is 3.32. The molecule has 0 radical (unpaired) electrons. The molecule has 0 aliphatic heterocycles. The van der Waals surface area contributed by atoms with Gasteiger partial charge in [0, 0.05) is 26.0 Å². The van der Waals surface area contributed by atoms with Crippen molar-refractivity contribution in [1.82, 2.24) is 19.7 Å². The monoisotopic (exact) mass is 244 g/mol. The van der Waals surface area contributed by atoms with Crippen LogP contribution in [-0.4, -0.2) is 26.8 Å². The Labute approximate surface area is 106 Å². The zero-order valence-electron chi connectivity index (χ0n) is 10.6. The van der Waals surface area contributed by atoms with Crippen LogP contribution in [0, 0.1) is 0 Å². The fourth-order valence-corrected chi connectivity index (χ4v) is 1.70. The Bertz CT molecular complexity index is 566. The third kappa shape index (κ3) is 2.34. The standard InChI is InChI=1S/C13H16N4O/c1-10(2)8-14-12(18)11-9-15-16(3)13(11)17-6-4-5-7-17/h4-7,9H,1,8H2,2-3H3,(H,14,18). The number of hydrogen-bond donors (Lipinski definition) is 1. The number of amides is 1. The lowest BCUT2D eigenvalue weighted by Crippen LogP contribution is -2.25. The fraction of sp³-hybridized carbons (Fsp3) is 0.231. The molecule has 0 spiro atoms. The number of nitrogens with zero attached hydrogens (tertiary/aromatic N) is 3. The molecule has 2 aromatic heterocycles. The lowest BCUT2D eigenvalue weighted by molar-refractivity contribution is 0.0957. The minimum absolute atomic E-state index is 0.144. The first kappa shape index (κ1) is 12.2. The molecule has 2 rings (SSSR count). The average Bonchev–Trinajstić information content (AvgIpc) is 2.94. The SMILES string of the molecule is C=C(C)CNC(=O)c1cnn(C)c1-n1cccc1. The lowest BCUT2D eigenvalue weighted by atomic mass is 10.3. The normalized spacial score (nSPS) is 10.3. The first-order chi connectivity index (χ1) is 8.59. The minimum atomic E-state index is -0.144. The number of carbonyl (C=O) groups excluding carboxylic acids is 1. The summed E-state index contributed by atoms with van der Waals surface area (Å²) in [5.41, 5.74) is 1.46. The molecule has 1 N–H and O–H groups in total. The molecule has 0 unspecified atom stereocenters. The van der Waals surface area contributed by atoms with Gasteiger partial charge in [0.05, 0.1) is 6.20 Å². The van der Waals surface area contributed by atoms with Crippen LogP contribution in [0.25, 0.3) is 5.82 Å². The van der Waals surface area contributed by atoms with Crippen LogP contribution >= 0.6 is 0 Å². The van der Waals surface area contributed by atoms with Crippen molar-refractivity contribution < 1.29 is 4.79 Å². The fourth-order valence-electron chi connectivity index (χ4n) is 1.70. The quantitative estimate of drug-likeness (QED) is 0.829. The molecule has 5 heteroatoms. The molecule has 0 aliphatic carbocycles. The van der Waals surface area contributed by atoms with Crippen LogP contribution in [0.4, 0.5) is 0 Å². The van der Waals surface area contributed by atoms with Crippen molar-refractivity contribution in [2.24, 2.45) is 7.05 Å². The summed E-state index contributed by atoms with van der Waals surface area (Å²) in [6, 6.07) is 3.81. The van der Waals surface area contributed by atoms with Gasteiger partial charge in [-0.2, -0.15) is 5.10 Å². The third-order valence-corrected chi connectivity index (χ3v) is 2.55. The van der Waals surface area contributed by atoms with E-state index in [0.29, 0.717) is 12.1 Å². The summed E-state index contributed by atoms with van der Waals surface area (Å²) in [7, 11) is 1.81. The van der Waals surface area contributed by atoms with Gasteiger partial charge in [-0.3, -0.25) is 9.48 Å². The smallest absolute Gasteiger partial charge is 0.256 e. The van der Waals surface area contributed by atoms with E-state index in [1.807, 2.05) is 43.1 Å². The molecule has 5 nitrogen and oxygen atoms in total. The predicted molar refractivity (Wildman–Crippen MR) is 69.7 cm³/mol. The second-order valence-electron chi connectivity index (χ2n) is 4.24. The summed E-state index contributed by atoms with van der Waals surface area (Å²) >= 11 is 0. The molecule has 0 aromatic carbocycles. The number of aryl methyl sites for hydroxylation is 1. The van der Waals surface area contributed by atoms with Gasteiger partial charge >= 0.3 is 0 Å². The van der Waals surface area contributed by atoms with Crippen molar-refractivity contribution in [1.29, 1.82) is 0 Å². The van der Waals surface area contributed by atoms with Crippen molar-refractivity contribution in [2.45, 2.75) is 6.92 Å². The number of rotatable bonds is 4. The molecule has 18 heavy (non-hydrogen) atoms. The first-order valence-electron chi connectivity index (χ1n) is 5.67. The van der Waals surface area contributed by atoms with Gasteiger partial charge in [0.2, 0.25) is 0 Å². The van der Waals surface area contributed by atoms with Crippen LogP contribution < -0.4 is 5.32 Å². The van der Waals surface area contributed by atoms with Gasteiger partial charge < -0.3 is 9.88 Å². The molecule has 1 amide bonds. The van der Waals surface area contributed by atoms with Gasteiger partial charge in [-0.25, -0.2) is 0 Å². The Morgan fingerprint density at radius 3 is 2.72 bits per heavy atom. The van der Waals surface area contributed by atoms with E-state index in [4.69, 9.17) is 0 Å². The van der Waals surface area contributed by atoms with E-state index >= 15 is 0 Å². The third-order valence-electron chi connectivity index (χ3n) is 2.55. The molecular weight excluding hydrogens is 228 g/mol. The lowest BCUT2D eigenvalue weighted by Gasteiger charge is -2.08. The Balaban J connectivity index is 2.29. The summed E-state index contributed by atoms with van der Waals surface area (Å²) < 4.78 is 3.54. The van der Waals surface area contributed by atoms with Crippen molar-refractivity contribution >= 4 is 5.91 Å². The topological polar surface area (TPSA) is 51.9 Å². The van der Waals surface area contributed by atoms with Gasteiger partial charge in [0.1, 0.15) is 11.4 Å². The van der Waals surface area contributed by atoms with E-state index in [0.717, 1.165) is 11.4 Å².